The molecule has 5 rings (SSSR count). The Morgan fingerprint density at radius 2 is 1.97 bits per heavy atom. The molecule has 0 aromatic carbocycles. The summed E-state index contributed by atoms with van der Waals surface area (Å²) in [6.07, 6.45) is 11.1. The van der Waals surface area contributed by atoms with Gasteiger partial charge in [0, 0.05) is 28.8 Å². The summed E-state index contributed by atoms with van der Waals surface area (Å²) in [7, 11) is 0. The van der Waals surface area contributed by atoms with Gasteiger partial charge < -0.3 is 15.7 Å². The lowest BCUT2D eigenvalue weighted by Gasteiger charge is -2.37. The zero-order chi connectivity index (χ0) is 24.1. The van der Waals surface area contributed by atoms with Gasteiger partial charge in [0.1, 0.15) is 0 Å². The predicted molar refractivity (Wildman–Crippen MR) is 122 cm³/mol. The van der Waals surface area contributed by atoms with Gasteiger partial charge in [0.25, 0.3) is 0 Å². The number of fused-ring (bicyclic) bond motifs is 1. The van der Waals surface area contributed by atoms with E-state index in [4.69, 9.17) is 5.10 Å². The average molecular weight is 477 g/mol. The van der Waals surface area contributed by atoms with E-state index in [1.54, 1.807) is 12.3 Å². The molecule has 4 aliphatic carbocycles. The van der Waals surface area contributed by atoms with Crippen LogP contribution in [0.2, 0.25) is 0 Å². The summed E-state index contributed by atoms with van der Waals surface area (Å²) in [5, 5.41) is 21.5. The van der Waals surface area contributed by atoms with Gasteiger partial charge in [0.15, 0.2) is 11.4 Å². The average Bonchev–Trinajstić information content (AvgIpc) is 3.46. The van der Waals surface area contributed by atoms with Crippen molar-refractivity contribution in [3.63, 3.8) is 0 Å². The Hall–Kier alpha value is -2.55. The first-order valence-corrected chi connectivity index (χ1v) is 12.1. The number of hydrogen-bond acceptors (Lipinski definition) is 4. The van der Waals surface area contributed by atoms with E-state index in [9.17, 15) is 23.1 Å². The standard InChI is InChI=1S/C25H31F3N4O2/c1-16-21(9-12-29-15-33)32(19-5-3-2-4-6-19)31-22(16)30-18-7-8-20-17(13-18)14-23(10-11-23)24(20,34)25(26,27)28/h7-9,12-13,15,17,19-20,34H,2-6,10-11,14H2,1H3,(H,29,33)(H,30,31)/b12-9-. The Labute approximate surface area is 197 Å². The maximum absolute atomic E-state index is 13.9. The molecular formula is C25H31F3N4O2. The first-order chi connectivity index (χ1) is 16.2. The summed E-state index contributed by atoms with van der Waals surface area (Å²) in [5.74, 6) is -0.691. The molecule has 184 valence electrons. The summed E-state index contributed by atoms with van der Waals surface area (Å²) < 4.78 is 43.8. The van der Waals surface area contributed by atoms with Crippen LogP contribution in [-0.4, -0.2) is 33.1 Å². The van der Waals surface area contributed by atoms with Crippen LogP contribution in [0.3, 0.4) is 0 Å². The molecule has 6 nitrogen and oxygen atoms in total. The van der Waals surface area contributed by atoms with Gasteiger partial charge in [-0.25, -0.2) is 0 Å². The van der Waals surface area contributed by atoms with Crippen molar-refractivity contribution in [2.75, 3.05) is 5.32 Å². The lowest BCUT2D eigenvalue weighted by molar-refractivity contribution is -0.289. The zero-order valence-corrected chi connectivity index (χ0v) is 19.2. The highest BCUT2D eigenvalue weighted by Gasteiger charge is 2.78. The quantitative estimate of drug-likeness (QED) is 0.506. The molecule has 0 aliphatic heterocycles. The third-order valence-corrected chi connectivity index (χ3v) is 8.32. The molecule has 0 bridgehead atoms. The second-order valence-corrected chi connectivity index (χ2v) is 10.3. The van der Waals surface area contributed by atoms with E-state index in [0.717, 1.165) is 36.9 Å². The zero-order valence-electron chi connectivity index (χ0n) is 19.2. The van der Waals surface area contributed by atoms with Crippen LogP contribution in [-0.2, 0) is 4.79 Å². The fraction of sp³-hybridized carbons (Fsp3) is 0.600. The minimum Gasteiger partial charge on any atom is -0.379 e. The third-order valence-electron chi connectivity index (χ3n) is 8.32. The summed E-state index contributed by atoms with van der Waals surface area (Å²) in [6, 6.07) is 0.269. The van der Waals surface area contributed by atoms with Gasteiger partial charge in [-0.2, -0.15) is 18.3 Å². The molecular weight excluding hydrogens is 445 g/mol. The lowest BCUT2D eigenvalue weighted by Crippen LogP contribution is -2.54. The van der Waals surface area contributed by atoms with Crippen LogP contribution < -0.4 is 10.6 Å². The van der Waals surface area contributed by atoms with E-state index in [0.29, 0.717) is 37.2 Å². The van der Waals surface area contributed by atoms with E-state index in [-0.39, 0.29) is 12.0 Å². The van der Waals surface area contributed by atoms with E-state index in [2.05, 4.69) is 10.6 Å². The van der Waals surface area contributed by atoms with Gasteiger partial charge in [0.2, 0.25) is 6.41 Å². The number of anilines is 1. The summed E-state index contributed by atoms with van der Waals surface area (Å²) in [6.45, 7) is 1.95. The van der Waals surface area contributed by atoms with Crippen molar-refractivity contribution in [1.82, 2.24) is 15.1 Å². The number of aromatic nitrogens is 2. The van der Waals surface area contributed by atoms with Gasteiger partial charge in [-0.1, -0.05) is 31.4 Å². The number of halogens is 3. The van der Waals surface area contributed by atoms with Crippen LogP contribution in [0.15, 0.2) is 30.1 Å². The molecule has 0 radical (unpaired) electrons. The first-order valence-electron chi connectivity index (χ1n) is 12.1. The fourth-order valence-electron chi connectivity index (χ4n) is 6.40. The van der Waals surface area contributed by atoms with Gasteiger partial charge in [-0.15, -0.1) is 0 Å². The number of rotatable bonds is 6. The lowest BCUT2D eigenvalue weighted by atomic mass is 9.78. The summed E-state index contributed by atoms with van der Waals surface area (Å²) in [4.78, 5) is 10.7. The normalized spacial score (nSPS) is 30.4. The molecule has 3 unspecified atom stereocenters. The minimum absolute atomic E-state index is 0.269. The molecule has 0 saturated heterocycles. The van der Waals surface area contributed by atoms with Gasteiger partial charge >= 0.3 is 6.18 Å². The number of hydrogen-bond donors (Lipinski definition) is 3. The van der Waals surface area contributed by atoms with E-state index < -0.39 is 23.1 Å². The highest BCUT2D eigenvalue weighted by atomic mass is 19.4. The Kier molecular flexibility index (Phi) is 5.66. The number of amides is 1. The van der Waals surface area contributed by atoms with Gasteiger partial charge in [-0.05, 0) is 57.1 Å². The SMILES string of the molecule is Cc1c(NC2=CC3CC4(CC4)C(O)(C(F)(F)F)C3C=C2)nn(C2CCCCC2)c1/C=C\NC=O. The summed E-state index contributed by atoms with van der Waals surface area (Å²) in [5.41, 5.74) is -1.22. The topological polar surface area (TPSA) is 79.2 Å². The molecule has 3 atom stereocenters. The van der Waals surface area contributed by atoms with Crippen molar-refractivity contribution < 1.29 is 23.1 Å². The molecule has 1 aromatic rings. The molecule has 4 aliphatic rings. The van der Waals surface area contributed by atoms with Crippen molar-refractivity contribution in [3.05, 3.63) is 41.4 Å². The third kappa shape index (κ3) is 3.59. The Morgan fingerprint density at radius 3 is 2.62 bits per heavy atom. The molecule has 1 spiro atoms. The second kappa shape index (κ2) is 8.29. The number of carbonyl (C=O) groups excluding carboxylic acids is 1. The Morgan fingerprint density at radius 1 is 1.24 bits per heavy atom. The number of nitrogens with one attached hydrogen (secondary N) is 2. The molecule has 3 saturated carbocycles. The Balaban J connectivity index is 1.42. The predicted octanol–water partition coefficient (Wildman–Crippen LogP) is 4.99. The van der Waals surface area contributed by atoms with Gasteiger partial charge in [0.05, 0.1) is 11.7 Å². The molecule has 1 aromatic heterocycles. The van der Waals surface area contributed by atoms with E-state index in [1.807, 2.05) is 23.8 Å². The molecule has 1 heterocycles. The second-order valence-electron chi connectivity index (χ2n) is 10.3. The molecule has 34 heavy (non-hydrogen) atoms. The van der Waals surface area contributed by atoms with Crippen LogP contribution >= 0.6 is 0 Å². The number of nitrogens with zero attached hydrogens (tertiary/aromatic N) is 2. The maximum Gasteiger partial charge on any atom is 0.418 e. The summed E-state index contributed by atoms with van der Waals surface area (Å²) >= 11 is 0. The van der Waals surface area contributed by atoms with Crippen molar-refractivity contribution in [2.45, 2.75) is 76.1 Å². The number of allylic oxidation sites excluding steroid dienone is 2. The van der Waals surface area contributed by atoms with Crippen molar-refractivity contribution >= 4 is 18.3 Å². The highest BCUT2D eigenvalue weighted by Crippen LogP contribution is 2.71. The molecule has 9 heteroatoms. The van der Waals surface area contributed by atoms with Crippen molar-refractivity contribution in [3.8, 4) is 0 Å². The van der Waals surface area contributed by atoms with Crippen molar-refractivity contribution in [1.29, 1.82) is 0 Å². The van der Waals surface area contributed by atoms with Crippen LogP contribution in [0.25, 0.3) is 6.08 Å². The van der Waals surface area contributed by atoms with Gasteiger partial charge in [-0.3, -0.25) is 9.48 Å². The smallest absolute Gasteiger partial charge is 0.379 e. The molecule has 3 N–H and O–H groups in total. The number of alkyl halides is 3. The van der Waals surface area contributed by atoms with Crippen LogP contribution in [0, 0.1) is 24.2 Å². The van der Waals surface area contributed by atoms with E-state index in [1.165, 1.54) is 12.5 Å². The number of aliphatic hydroxyl groups is 1. The van der Waals surface area contributed by atoms with Crippen molar-refractivity contribution in [2.24, 2.45) is 17.3 Å². The Bertz CT molecular complexity index is 1050. The van der Waals surface area contributed by atoms with Crippen LogP contribution in [0.4, 0.5) is 19.0 Å². The number of carbonyl (C=O) groups is 1. The highest BCUT2D eigenvalue weighted by molar-refractivity contribution is 5.63. The van der Waals surface area contributed by atoms with Crippen LogP contribution in [0.5, 0.6) is 0 Å². The molecule has 1 amide bonds. The van der Waals surface area contributed by atoms with E-state index >= 15 is 0 Å². The van der Waals surface area contributed by atoms with Crippen LogP contribution in [0.1, 0.15) is 68.7 Å². The fourth-order valence-corrected chi connectivity index (χ4v) is 6.40. The first kappa shape index (κ1) is 23.2. The maximum atomic E-state index is 13.9. The monoisotopic (exact) mass is 476 g/mol. The largest absolute Gasteiger partial charge is 0.418 e. The molecule has 3 fully saturated rings. The minimum atomic E-state index is -4.65.